The van der Waals surface area contributed by atoms with Gasteiger partial charge in [-0.1, -0.05) is 13.0 Å². The Kier molecular flexibility index (Phi) is 4.04. The van der Waals surface area contributed by atoms with E-state index in [0.717, 1.165) is 0 Å². The zero-order chi connectivity index (χ0) is 17.5. The van der Waals surface area contributed by atoms with Crippen molar-refractivity contribution in [3.63, 3.8) is 0 Å². The van der Waals surface area contributed by atoms with E-state index >= 15 is 0 Å². The van der Waals surface area contributed by atoms with Crippen LogP contribution in [0.15, 0.2) is 47.4 Å². The molecule has 5 nitrogen and oxygen atoms in total. The second-order valence-electron chi connectivity index (χ2n) is 5.45. The predicted octanol–water partition coefficient (Wildman–Crippen LogP) is 3.06. The lowest BCUT2D eigenvalue weighted by Crippen LogP contribution is -2.41. The Morgan fingerprint density at radius 1 is 1.21 bits per heavy atom. The topological polar surface area (TPSA) is 63.7 Å². The van der Waals surface area contributed by atoms with E-state index in [1.807, 2.05) is 0 Å². The molecule has 0 N–H and O–H groups in total. The zero-order valence-electron chi connectivity index (χ0n) is 13.2. The van der Waals surface area contributed by atoms with Gasteiger partial charge in [0.1, 0.15) is 11.6 Å². The van der Waals surface area contributed by atoms with Crippen LogP contribution in [0, 0.1) is 5.82 Å². The molecule has 24 heavy (non-hydrogen) atoms. The van der Waals surface area contributed by atoms with Crippen LogP contribution in [0.2, 0.25) is 0 Å². The van der Waals surface area contributed by atoms with E-state index < -0.39 is 21.8 Å². The summed E-state index contributed by atoms with van der Waals surface area (Å²) in [5, 5.41) is 0. The van der Waals surface area contributed by atoms with Crippen LogP contribution in [0.5, 0.6) is 5.75 Å². The van der Waals surface area contributed by atoms with Gasteiger partial charge in [0, 0.05) is 0 Å². The van der Waals surface area contributed by atoms with Crippen molar-refractivity contribution >= 4 is 27.1 Å². The van der Waals surface area contributed by atoms with Gasteiger partial charge >= 0.3 is 0 Å². The van der Waals surface area contributed by atoms with Crippen LogP contribution in [0.1, 0.15) is 13.8 Å². The number of rotatable bonds is 3. The van der Waals surface area contributed by atoms with Crippen LogP contribution in [0.25, 0.3) is 0 Å². The Labute approximate surface area is 139 Å². The summed E-state index contributed by atoms with van der Waals surface area (Å²) in [6, 6.07) is 9.94. The molecule has 0 aromatic heterocycles. The van der Waals surface area contributed by atoms with E-state index in [1.54, 1.807) is 19.9 Å². The first kappa shape index (κ1) is 16.4. The maximum Gasteiger partial charge on any atom is 0.272 e. The third-order valence-corrected chi connectivity index (χ3v) is 5.58. The van der Waals surface area contributed by atoms with Crippen LogP contribution in [-0.2, 0) is 14.6 Å². The third-order valence-electron chi connectivity index (χ3n) is 3.85. The molecule has 0 radical (unpaired) electrons. The van der Waals surface area contributed by atoms with Crippen molar-refractivity contribution in [2.75, 3.05) is 10.7 Å². The lowest BCUT2D eigenvalue weighted by atomic mass is 10.1. The van der Waals surface area contributed by atoms with Gasteiger partial charge in [-0.3, -0.25) is 9.69 Å². The van der Waals surface area contributed by atoms with E-state index in [1.165, 1.54) is 41.3 Å². The number of nitrogens with zero attached hydrogens (tertiary/aromatic N) is 1. The molecule has 0 aliphatic carbocycles. The van der Waals surface area contributed by atoms with Gasteiger partial charge in [-0.15, -0.1) is 0 Å². The highest BCUT2D eigenvalue weighted by Crippen LogP contribution is 2.40. The molecule has 1 aliphatic rings. The monoisotopic (exact) mass is 349 g/mol. The van der Waals surface area contributed by atoms with Gasteiger partial charge in [-0.25, -0.2) is 12.8 Å². The summed E-state index contributed by atoms with van der Waals surface area (Å²) in [6.45, 7) is 3.14. The first-order chi connectivity index (χ1) is 11.3. The van der Waals surface area contributed by atoms with Gasteiger partial charge in [0.2, 0.25) is 0 Å². The Balaban J connectivity index is 2.21. The summed E-state index contributed by atoms with van der Waals surface area (Å²) in [4.78, 5) is 13.9. The van der Waals surface area contributed by atoms with Crippen molar-refractivity contribution < 1.29 is 22.3 Å². The van der Waals surface area contributed by atoms with E-state index in [2.05, 4.69) is 0 Å². The summed E-state index contributed by atoms with van der Waals surface area (Å²) in [6.07, 6.45) is -0.755. The maximum absolute atomic E-state index is 13.6. The van der Waals surface area contributed by atoms with E-state index in [4.69, 9.17) is 4.74 Å². The molecule has 126 valence electrons. The van der Waals surface area contributed by atoms with Crippen LogP contribution >= 0.6 is 0 Å². The van der Waals surface area contributed by atoms with Crippen molar-refractivity contribution in [2.24, 2.45) is 0 Å². The Morgan fingerprint density at radius 2 is 1.96 bits per heavy atom. The maximum atomic E-state index is 13.6. The van der Waals surface area contributed by atoms with Crippen LogP contribution in [0.4, 0.5) is 15.8 Å². The van der Waals surface area contributed by atoms with Gasteiger partial charge in [-0.2, -0.15) is 0 Å². The number of anilines is 2. The number of halogens is 1. The summed E-state index contributed by atoms with van der Waals surface area (Å²) >= 11 is 0. The summed E-state index contributed by atoms with van der Waals surface area (Å²) < 4.78 is 43.4. The molecule has 1 heterocycles. The standard InChI is InChI=1S/C17H16FNO4S/c1-3-24(21,22)14-7-8-16-15(10-14)19(17(20)11(2)23-16)13-6-4-5-12(18)9-13/h4-11H,3H2,1-2H3. The Hall–Kier alpha value is -2.41. The minimum absolute atomic E-state index is 0.0586. The van der Waals surface area contributed by atoms with Crippen molar-refractivity contribution in [3.8, 4) is 5.75 Å². The molecule has 2 aromatic rings. The highest BCUT2D eigenvalue weighted by molar-refractivity contribution is 7.91. The molecule has 0 saturated carbocycles. The average molecular weight is 349 g/mol. The Morgan fingerprint density at radius 3 is 2.62 bits per heavy atom. The second kappa shape index (κ2) is 5.90. The number of hydrogen-bond donors (Lipinski definition) is 0. The van der Waals surface area contributed by atoms with Gasteiger partial charge in [0.15, 0.2) is 15.9 Å². The third kappa shape index (κ3) is 2.75. The smallest absolute Gasteiger partial charge is 0.272 e. The number of sulfone groups is 1. The predicted molar refractivity (Wildman–Crippen MR) is 87.8 cm³/mol. The van der Waals surface area contributed by atoms with E-state index in [-0.39, 0.29) is 16.6 Å². The summed E-state index contributed by atoms with van der Waals surface area (Å²) in [7, 11) is -3.44. The van der Waals surface area contributed by atoms with Gasteiger partial charge in [0.25, 0.3) is 5.91 Å². The van der Waals surface area contributed by atoms with E-state index in [0.29, 0.717) is 17.1 Å². The number of carbonyl (C=O) groups is 1. The summed E-state index contributed by atoms with van der Waals surface area (Å²) in [5.74, 6) is -0.560. The zero-order valence-corrected chi connectivity index (χ0v) is 14.0. The van der Waals surface area contributed by atoms with Gasteiger partial charge < -0.3 is 4.74 Å². The average Bonchev–Trinajstić information content (AvgIpc) is 2.55. The number of amides is 1. The molecule has 2 aromatic carbocycles. The lowest BCUT2D eigenvalue weighted by Gasteiger charge is -2.33. The summed E-state index contributed by atoms with van der Waals surface area (Å²) in [5.41, 5.74) is 0.612. The molecule has 0 fully saturated rings. The van der Waals surface area contributed by atoms with Gasteiger partial charge in [-0.05, 0) is 43.3 Å². The van der Waals surface area contributed by atoms with E-state index in [9.17, 15) is 17.6 Å². The fourth-order valence-electron chi connectivity index (χ4n) is 2.55. The quantitative estimate of drug-likeness (QED) is 0.854. The Bertz CT molecular complexity index is 911. The molecule has 0 bridgehead atoms. The molecule has 7 heteroatoms. The van der Waals surface area contributed by atoms with Crippen molar-refractivity contribution in [2.45, 2.75) is 24.8 Å². The molecule has 0 saturated heterocycles. The highest BCUT2D eigenvalue weighted by atomic mass is 32.2. The van der Waals surface area contributed by atoms with Crippen LogP contribution in [0.3, 0.4) is 0 Å². The normalized spacial score (nSPS) is 17.4. The molecule has 1 atom stereocenters. The molecule has 1 unspecified atom stereocenters. The number of carbonyl (C=O) groups excluding carboxylic acids is 1. The van der Waals surface area contributed by atoms with Crippen molar-refractivity contribution in [1.29, 1.82) is 0 Å². The lowest BCUT2D eigenvalue weighted by molar-refractivity contribution is -0.124. The molecular weight excluding hydrogens is 333 g/mol. The molecule has 3 rings (SSSR count). The van der Waals surface area contributed by atoms with Gasteiger partial charge in [0.05, 0.1) is 22.0 Å². The van der Waals surface area contributed by atoms with Crippen molar-refractivity contribution in [3.05, 3.63) is 48.3 Å². The number of fused-ring (bicyclic) bond motifs is 1. The SMILES string of the molecule is CCS(=O)(=O)c1ccc2c(c1)N(c1cccc(F)c1)C(=O)C(C)O2. The minimum atomic E-state index is -3.44. The number of benzene rings is 2. The first-order valence-corrected chi connectivity index (χ1v) is 9.11. The second-order valence-corrected chi connectivity index (χ2v) is 7.72. The molecular formula is C17H16FNO4S. The number of ether oxygens (including phenoxy) is 1. The van der Waals surface area contributed by atoms with Crippen LogP contribution in [-0.4, -0.2) is 26.2 Å². The fraction of sp³-hybridized carbons (Fsp3) is 0.235. The van der Waals surface area contributed by atoms with Crippen LogP contribution < -0.4 is 9.64 Å². The molecule has 1 aliphatic heterocycles. The van der Waals surface area contributed by atoms with Crippen molar-refractivity contribution in [1.82, 2.24) is 0 Å². The first-order valence-electron chi connectivity index (χ1n) is 7.46. The largest absolute Gasteiger partial charge is 0.479 e. The fourth-order valence-corrected chi connectivity index (χ4v) is 3.45. The minimum Gasteiger partial charge on any atom is -0.479 e. The highest BCUT2D eigenvalue weighted by Gasteiger charge is 2.33. The molecule has 0 spiro atoms. The number of hydrogen-bond acceptors (Lipinski definition) is 4. The molecule has 1 amide bonds.